The highest BCUT2D eigenvalue weighted by molar-refractivity contribution is 5.92. The molecule has 3 rings (SSSR count). The van der Waals surface area contributed by atoms with E-state index in [2.05, 4.69) is 4.98 Å². The first-order chi connectivity index (χ1) is 9.15. The molecule has 1 aliphatic rings. The number of rotatable bonds is 2. The molecule has 1 aromatic carbocycles. The zero-order valence-electron chi connectivity index (χ0n) is 10.5. The van der Waals surface area contributed by atoms with Gasteiger partial charge >= 0.3 is 5.97 Å². The Hall–Kier alpha value is -2.10. The summed E-state index contributed by atoms with van der Waals surface area (Å²) in [5.74, 6) is -0.616. The second kappa shape index (κ2) is 4.53. The third-order valence-corrected chi connectivity index (χ3v) is 3.93. The van der Waals surface area contributed by atoms with E-state index in [1.54, 1.807) is 0 Å². The van der Waals surface area contributed by atoms with Crippen LogP contribution in [0.2, 0.25) is 0 Å². The van der Waals surface area contributed by atoms with Crippen LogP contribution in [0.3, 0.4) is 0 Å². The molecular formula is C15H15NO3. The molecule has 2 N–H and O–H groups in total. The molecule has 98 valence electrons. The monoisotopic (exact) mass is 257 g/mol. The minimum Gasteiger partial charge on any atom is -0.477 e. The van der Waals surface area contributed by atoms with Gasteiger partial charge in [-0.05, 0) is 41.8 Å². The average Bonchev–Trinajstić information content (AvgIpc) is 2.90. The van der Waals surface area contributed by atoms with Gasteiger partial charge in [0.25, 0.3) is 5.56 Å². The highest BCUT2D eigenvalue weighted by atomic mass is 16.4. The highest BCUT2D eigenvalue weighted by Gasteiger charge is 2.17. The zero-order chi connectivity index (χ0) is 13.4. The highest BCUT2D eigenvalue weighted by Crippen LogP contribution is 2.34. The lowest BCUT2D eigenvalue weighted by atomic mass is 9.96. The van der Waals surface area contributed by atoms with E-state index in [9.17, 15) is 9.59 Å². The third-order valence-electron chi connectivity index (χ3n) is 3.93. The summed E-state index contributed by atoms with van der Waals surface area (Å²) in [6.45, 7) is 0. The minimum absolute atomic E-state index is 0.207. The lowest BCUT2D eigenvalue weighted by molar-refractivity contribution is 0.0695. The van der Waals surface area contributed by atoms with E-state index in [1.807, 2.05) is 18.2 Å². The Labute approximate surface area is 110 Å². The van der Waals surface area contributed by atoms with Crippen molar-refractivity contribution in [3.8, 4) is 0 Å². The van der Waals surface area contributed by atoms with E-state index in [-0.39, 0.29) is 5.56 Å². The van der Waals surface area contributed by atoms with Crippen molar-refractivity contribution in [1.82, 2.24) is 4.98 Å². The number of H-pyrrole nitrogens is 1. The Balaban J connectivity index is 2.11. The fourth-order valence-corrected chi connectivity index (χ4v) is 2.89. The van der Waals surface area contributed by atoms with E-state index >= 15 is 0 Å². The van der Waals surface area contributed by atoms with Gasteiger partial charge in [-0.1, -0.05) is 25.0 Å². The lowest BCUT2D eigenvalue weighted by Crippen LogP contribution is -2.17. The molecule has 1 heterocycles. The van der Waals surface area contributed by atoms with Crippen LogP contribution in [0.5, 0.6) is 0 Å². The Morgan fingerprint density at radius 3 is 2.63 bits per heavy atom. The van der Waals surface area contributed by atoms with Crippen LogP contribution < -0.4 is 5.56 Å². The van der Waals surface area contributed by atoms with Crippen molar-refractivity contribution in [2.45, 2.75) is 31.6 Å². The van der Waals surface area contributed by atoms with Crippen molar-refractivity contribution in [2.24, 2.45) is 0 Å². The average molecular weight is 257 g/mol. The van der Waals surface area contributed by atoms with Gasteiger partial charge in [0.05, 0.1) is 0 Å². The standard InChI is InChI=1S/C15H15NO3/c17-14-12(15(18)19)7-11-6-5-10(8-13(11)16-14)9-3-1-2-4-9/h5-9H,1-4H2,(H,16,17)(H,18,19). The Kier molecular flexibility index (Phi) is 2.85. The number of aromatic nitrogens is 1. The fourth-order valence-electron chi connectivity index (χ4n) is 2.89. The molecule has 19 heavy (non-hydrogen) atoms. The van der Waals surface area contributed by atoms with Crippen molar-refractivity contribution in [3.63, 3.8) is 0 Å². The number of pyridine rings is 1. The van der Waals surface area contributed by atoms with Gasteiger partial charge in [0.2, 0.25) is 0 Å². The molecule has 1 aromatic heterocycles. The van der Waals surface area contributed by atoms with E-state index < -0.39 is 11.5 Å². The van der Waals surface area contributed by atoms with Crippen molar-refractivity contribution < 1.29 is 9.90 Å². The van der Waals surface area contributed by atoms with Crippen LogP contribution in [0, 0.1) is 0 Å². The van der Waals surface area contributed by atoms with Crippen molar-refractivity contribution in [3.05, 3.63) is 45.7 Å². The van der Waals surface area contributed by atoms with E-state index in [1.165, 1.54) is 37.3 Å². The summed E-state index contributed by atoms with van der Waals surface area (Å²) < 4.78 is 0. The summed E-state index contributed by atoms with van der Waals surface area (Å²) in [6, 6.07) is 7.36. The summed E-state index contributed by atoms with van der Waals surface area (Å²) >= 11 is 0. The first kappa shape index (κ1) is 12.0. The van der Waals surface area contributed by atoms with E-state index in [4.69, 9.17) is 5.11 Å². The van der Waals surface area contributed by atoms with Crippen LogP contribution in [-0.4, -0.2) is 16.1 Å². The predicted molar refractivity (Wildman–Crippen MR) is 72.7 cm³/mol. The number of hydrogen-bond acceptors (Lipinski definition) is 2. The maximum absolute atomic E-state index is 11.7. The Morgan fingerprint density at radius 2 is 1.95 bits per heavy atom. The summed E-state index contributed by atoms with van der Waals surface area (Å²) in [4.78, 5) is 25.3. The zero-order valence-corrected chi connectivity index (χ0v) is 10.5. The number of carboxylic acid groups (broad SMARTS) is 1. The van der Waals surface area contributed by atoms with Crippen molar-refractivity contribution in [2.75, 3.05) is 0 Å². The number of hydrogen-bond donors (Lipinski definition) is 2. The molecule has 4 heteroatoms. The van der Waals surface area contributed by atoms with Crippen molar-refractivity contribution >= 4 is 16.9 Å². The largest absolute Gasteiger partial charge is 0.477 e. The first-order valence-electron chi connectivity index (χ1n) is 6.55. The molecule has 4 nitrogen and oxygen atoms in total. The number of benzene rings is 1. The van der Waals surface area contributed by atoms with Gasteiger partial charge in [-0.3, -0.25) is 4.79 Å². The fraction of sp³-hybridized carbons (Fsp3) is 0.333. The van der Waals surface area contributed by atoms with Crippen LogP contribution in [0.15, 0.2) is 29.1 Å². The van der Waals surface area contributed by atoms with Gasteiger partial charge in [-0.2, -0.15) is 0 Å². The topological polar surface area (TPSA) is 70.2 Å². The maximum Gasteiger partial charge on any atom is 0.341 e. The summed E-state index contributed by atoms with van der Waals surface area (Å²) in [5, 5.41) is 9.70. The smallest absolute Gasteiger partial charge is 0.341 e. The molecule has 0 bridgehead atoms. The second-order valence-corrected chi connectivity index (χ2v) is 5.15. The third kappa shape index (κ3) is 2.14. The SMILES string of the molecule is O=C(O)c1cc2ccc(C3CCCC3)cc2[nH]c1=O. The molecule has 1 saturated carbocycles. The molecule has 0 amide bonds. The number of carbonyl (C=O) groups is 1. The molecule has 0 atom stereocenters. The van der Waals surface area contributed by atoms with Gasteiger partial charge < -0.3 is 10.1 Å². The van der Waals surface area contributed by atoms with Crippen LogP contribution in [-0.2, 0) is 0 Å². The number of aromatic amines is 1. The van der Waals surface area contributed by atoms with E-state index in [0.29, 0.717) is 5.92 Å². The number of fused-ring (bicyclic) bond motifs is 1. The Bertz CT molecular complexity index is 696. The summed E-state index contributed by atoms with van der Waals surface area (Å²) in [5.41, 5.74) is 1.22. The quantitative estimate of drug-likeness (QED) is 0.869. The van der Waals surface area contributed by atoms with Crippen molar-refractivity contribution in [1.29, 1.82) is 0 Å². The van der Waals surface area contributed by atoms with Gasteiger partial charge in [0, 0.05) is 5.52 Å². The molecule has 1 fully saturated rings. The molecule has 0 spiro atoms. The van der Waals surface area contributed by atoms with Gasteiger partial charge in [0.15, 0.2) is 0 Å². The molecular weight excluding hydrogens is 242 g/mol. The van der Waals surface area contributed by atoms with Crippen LogP contribution >= 0.6 is 0 Å². The van der Waals surface area contributed by atoms with E-state index in [0.717, 1.165) is 10.9 Å². The van der Waals surface area contributed by atoms with Crippen LogP contribution in [0.4, 0.5) is 0 Å². The molecule has 0 radical (unpaired) electrons. The minimum atomic E-state index is -1.19. The Morgan fingerprint density at radius 1 is 1.21 bits per heavy atom. The normalized spacial score (nSPS) is 16.0. The number of aromatic carboxylic acids is 1. The summed E-state index contributed by atoms with van der Waals surface area (Å²) in [7, 11) is 0. The van der Waals surface area contributed by atoms with Gasteiger partial charge in [-0.15, -0.1) is 0 Å². The molecule has 1 aliphatic carbocycles. The number of carboxylic acids is 1. The van der Waals surface area contributed by atoms with Gasteiger partial charge in [-0.25, -0.2) is 4.79 Å². The first-order valence-corrected chi connectivity index (χ1v) is 6.55. The van der Waals surface area contributed by atoms with Crippen LogP contribution in [0.1, 0.15) is 47.5 Å². The molecule has 0 saturated heterocycles. The lowest BCUT2D eigenvalue weighted by Gasteiger charge is -2.10. The summed E-state index contributed by atoms with van der Waals surface area (Å²) in [6.07, 6.45) is 4.92. The maximum atomic E-state index is 11.7. The van der Waals surface area contributed by atoms with Crippen LogP contribution in [0.25, 0.3) is 10.9 Å². The molecule has 0 aliphatic heterocycles. The molecule has 0 unspecified atom stereocenters. The predicted octanol–water partition coefficient (Wildman–Crippen LogP) is 2.88. The second-order valence-electron chi connectivity index (χ2n) is 5.15. The molecule has 2 aromatic rings. The van der Waals surface area contributed by atoms with Gasteiger partial charge in [0.1, 0.15) is 5.56 Å². The number of nitrogens with one attached hydrogen (secondary N) is 1.